The van der Waals surface area contributed by atoms with Gasteiger partial charge >= 0.3 is 13.7 Å². The van der Waals surface area contributed by atoms with Gasteiger partial charge in [-0.1, -0.05) is 36.4 Å². The minimum absolute atomic E-state index is 0.199. The van der Waals surface area contributed by atoms with E-state index in [1.165, 1.54) is 13.3 Å². The first-order chi connectivity index (χ1) is 20.1. The van der Waals surface area contributed by atoms with Crippen molar-refractivity contribution >= 4 is 30.7 Å². The van der Waals surface area contributed by atoms with E-state index < -0.39 is 56.3 Å². The van der Waals surface area contributed by atoms with Crippen LogP contribution in [0.4, 0.5) is 5.82 Å². The first-order valence-electron chi connectivity index (χ1n) is 13.2. The minimum atomic E-state index is -4.24. The number of nitrogens with one attached hydrogen (secondary N) is 1. The van der Waals surface area contributed by atoms with Crippen molar-refractivity contribution in [3.63, 3.8) is 0 Å². The Hall–Kier alpha value is -3.91. The molecule has 6 rings (SSSR count). The Morgan fingerprint density at radius 1 is 1.17 bits per heavy atom. The fourth-order valence-corrected chi connectivity index (χ4v) is 6.61. The van der Waals surface area contributed by atoms with Crippen LogP contribution in [0.3, 0.4) is 0 Å². The topological polar surface area (TPSA) is 193 Å². The van der Waals surface area contributed by atoms with Crippen molar-refractivity contribution in [3.05, 3.63) is 72.8 Å². The highest BCUT2D eigenvalue weighted by molar-refractivity contribution is 7.52. The van der Waals surface area contributed by atoms with Crippen LogP contribution < -0.4 is 20.1 Å². The fourth-order valence-electron chi connectivity index (χ4n) is 5.11. The molecule has 1 saturated heterocycles. The quantitative estimate of drug-likeness (QED) is 0.118. The summed E-state index contributed by atoms with van der Waals surface area (Å²) < 4.78 is 37.9. The highest BCUT2D eigenvalue weighted by Crippen LogP contribution is 2.63. The summed E-state index contributed by atoms with van der Waals surface area (Å²) in [5, 5.41) is 24.9. The van der Waals surface area contributed by atoms with E-state index in [0.29, 0.717) is 22.7 Å². The van der Waals surface area contributed by atoms with Gasteiger partial charge in [0.05, 0.1) is 25.0 Å². The van der Waals surface area contributed by atoms with Crippen molar-refractivity contribution in [2.45, 2.75) is 43.9 Å². The number of nitrogen functional groups attached to an aromatic ring is 1. The van der Waals surface area contributed by atoms with Gasteiger partial charge in [0, 0.05) is 0 Å². The molecule has 2 aromatic heterocycles. The number of hydrogen-bond acceptors (Lipinski definition) is 12. The molecule has 3 heterocycles. The third-order valence-electron chi connectivity index (χ3n) is 7.13. The lowest BCUT2D eigenvalue weighted by atomic mass is 10.1. The summed E-state index contributed by atoms with van der Waals surface area (Å²) in [5.74, 6) is -2.06. The summed E-state index contributed by atoms with van der Waals surface area (Å²) in [6.45, 7) is 2.70. The van der Waals surface area contributed by atoms with Gasteiger partial charge in [-0.25, -0.2) is 24.3 Å². The largest absolute Gasteiger partial charge is 0.459 e. The number of esters is 1. The van der Waals surface area contributed by atoms with E-state index in [2.05, 4.69) is 20.0 Å². The number of aliphatic hydroxyl groups is 2. The number of benzene rings is 2. The number of para-hydroxylation sites is 2. The van der Waals surface area contributed by atoms with Crippen LogP contribution in [-0.2, 0) is 18.6 Å². The first kappa shape index (κ1) is 28.2. The smallest absolute Gasteiger partial charge is 0.425 e. The zero-order chi connectivity index (χ0) is 29.6. The summed E-state index contributed by atoms with van der Waals surface area (Å²) in [5.41, 5.74) is 6.73. The van der Waals surface area contributed by atoms with Crippen LogP contribution in [0, 0.1) is 12.8 Å². The molecule has 2 fully saturated rings. The Balaban J connectivity index is 1.15. The second-order valence-electron chi connectivity index (χ2n) is 10.1. The Morgan fingerprint density at radius 2 is 1.83 bits per heavy atom. The fraction of sp³-hybridized carbons (Fsp3) is 0.333. The molecular formula is C27H29N6O8P. The molecule has 1 saturated carbocycles. The van der Waals surface area contributed by atoms with Gasteiger partial charge in [0.2, 0.25) is 0 Å². The third-order valence-corrected chi connectivity index (χ3v) is 8.77. The average Bonchev–Trinajstić information content (AvgIpc) is 3.20. The maximum Gasteiger partial charge on any atom is 0.459 e. The van der Waals surface area contributed by atoms with Crippen molar-refractivity contribution in [3.8, 4) is 11.5 Å². The molecule has 4 aromatic rings. The molecule has 5 N–H and O–H groups in total. The van der Waals surface area contributed by atoms with Crippen LogP contribution in [0.15, 0.2) is 67.0 Å². The monoisotopic (exact) mass is 596 g/mol. The van der Waals surface area contributed by atoms with Gasteiger partial charge in [-0.15, -0.1) is 0 Å². The number of aryl methyl sites for hydroxylation is 1. The van der Waals surface area contributed by atoms with E-state index in [-0.39, 0.29) is 11.6 Å². The standard InChI is InChI=1S/C27H29N6O8P/c1-15(26(35)39-17-9-5-3-6-10-17)32-42(37,41-18-11-7-4-8-12-18)38-13-19-22(34)20-23(27(20,36)40-19)33-14-29-21-24(28)30-16(2)31-25(21)33/h3-12,14-15,19-20,22-23,34,36H,13H2,1-2H3,(H,32,37)(H2,28,30,31)/t15-,19+,20?,22-,23-,27?,42?/m0/s1. The SMILES string of the molecule is Cc1nc(N)c2ncn([C@H]3C4[C@@H](O)[C@@H](COP(=O)(N[C@@H](C)C(=O)Oc5ccccc5)Oc5ccccc5)OC43O)c2n1. The van der Waals surface area contributed by atoms with Gasteiger partial charge in [-0.05, 0) is 38.1 Å². The Morgan fingerprint density at radius 3 is 2.48 bits per heavy atom. The zero-order valence-corrected chi connectivity index (χ0v) is 23.5. The molecule has 0 bridgehead atoms. The van der Waals surface area contributed by atoms with Crippen molar-refractivity contribution in [1.29, 1.82) is 0 Å². The molecule has 14 nitrogen and oxygen atoms in total. The van der Waals surface area contributed by atoms with Gasteiger partial charge in [0.25, 0.3) is 0 Å². The molecule has 220 valence electrons. The number of hydrogen-bond donors (Lipinski definition) is 4. The van der Waals surface area contributed by atoms with E-state index in [1.807, 2.05) is 0 Å². The minimum Gasteiger partial charge on any atom is -0.425 e. The summed E-state index contributed by atoms with van der Waals surface area (Å²) in [6, 6.07) is 14.9. The number of carbonyl (C=O) groups is 1. The molecule has 7 atom stereocenters. The van der Waals surface area contributed by atoms with Crippen LogP contribution in [0.2, 0.25) is 0 Å². The molecule has 0 spiro atoms. The van der Waals surface area contributed by atoms with E-state index in [1.54, 1.807) is 72.2 Å². The lowest BCUT2D eigenvalue weighted by Crippen LogP contribution is -2.38. The van der Waals surface area contributed by atoms with E-state index >= 15 is 0 Å². The number of rotatable bonds is 10. The Bertz CT molecular complexity index is 1660. The summed E-state index contributed by atoms with van der Waals surface area (Å²) >= 11 is 0. The lowest BCUT2D eigenvalue weighted by Gasteiger charge is -2.26. The molecule has 0 amide bonds. The van der Waals surface area contributed by atoms with E-state index in [0.717, 1.165) is 0 Å². The maximum absolute atomic E-state index is 13.8. The van der Waals surface area contributed by atoms with E-state index in [9.17, 15) is 19.6 Å². The van der Waals surface area contributed by atoms with Crippen LogP contribution in [0.25, 0.3) is 11.2 Å². The normalized spacial score (nSPS) is 26.8. The molecule has 3 unspecified atom stereocenters. The molecule has 15 heteroatoms. The van der Waals surface area contributed by atoms with Crippen LogP contribution in [-0.4, -0.2) is 66.3 Å². The summed E-state index contributed by atoms with van der Waals surface area (Å²) in [4.78, 5) is 25.4. The Kier molecular flexibility index (Phi) is 7.21. The second-order valence-corrected chi connectivity index (χ2v) is 11.8. The number of anilines is 1. The molecule has 42 heavy (non-hydrogen) atoms. The number of ether oxygens (including phenoxy) is 2. The predicted octanol–water partition coefficient (Wildman–Crippen LogP) is 2.12. The Labute approximate surface area is 240 Å². The molecule has 0 radical (unpaired) electrons. The molecule has 1 aliphatic heterocycles. The number of aromatic nitrogens is 4. The van der Waals surface area contributed by atoms with Gasteiger partial charge in [0.1, 0.15) is 41.0 Å². The number of nitrogens with two attached hydrogens (primary N) is 1. The predicted molar refractivity (Wildman–Crippen MR) is 148 cm³/mol. The van der Waals surface area contributed by atoms with Crippen molar-refractivity contribution in [1.82, 2.24) is 24.6 Å². The van der Waals surface area contributed by atoms with Crippen molar-refractivity contribution in [2.75, 3.05) is 12.3 Å². The van der Waals surface area contributed by atoms with E-state index in [4.69, 9.17) is 24.3 Å². The van der Waals surface area contributed by atoms with Crippen LogP contribution in [0.5, 0.6) is 11.5 Å². The summed E-state index contributed by atoms with van der Waals surface area (Å²) in [6.07, 6.45) is -0.809. The zero-order valence-electron chi connectivity index (χ0n) is 22.6. The number of aliphatic hydroxyl groups excluding tert-OH is 1. The maximum atomic E-state index is 13.8. The van der Waals surface area contributed by atoms with Gasteiger partial charge < -0.3 is 34.5 Å². The van der Waals surface area contributed by atoms with Gasteiger partial charge in [-0.2, -0.15) is 5.09 Å². The molecular weight excluding hydrogens is 567 g/mol. The summed E-state index contributed by atoms with van der Waals surface area (Å²) in [7, 11) is -4.24. The number of fused-ring (bicyclic) bond motifs is 2. The molecule has 2 aliphatic rings. The van der Waals surface area contributed by atoms with Crippen LogP contribution in [0.1, 0.15) is 18.8 Å². The average molecular weight is 597 g/mol. The van der Waals surface area contributed by atoms with Crippen LogP contribution >= 0.6 is 7.75 Å². The highest BCUT2D eigenvalue weighted by Gasteiger charge is 2.77. The van der Waals surface area contributed by atoms with Crippen molar-refractivity contribution in [2.24, 2.45) is 5.92 Å². The number of imidazole rings is 1. The highest BCUT2D eigenvalue weighted by atomic mass is 31.2. The first-order valence-corrected chi connectivity index (χ1v) is 14.7. The molecule has 2 aromatic carbocycles. The second kappa shape index (κ2) is 10.7. The molecule has 1 aliphatic carbocycles. The lowest BCUT2D eigenvalue weighted by molar-refractivity contribution is -0.161. The van der Waals surface area contributed by atoms with Crippen molar-refractivity contribution < 1.29 is 38.1 Å². The van der Waals surface area contributed by atoms with Gasteiger partial charge in [0.15, 0.2) is 17.3 Å². The number of carbonyl (C=O) groups excluding carboxylic acids is 1. The van der Waals surface area contributed by atoms with Gasteiger partial charge in [-0.3, -0.25) is 4.52 Å². The number of nitrogens with zero attached hydrogens (tertiary/aromatic N) is 4. The third kappa shape index (κ3) is 5.24.